The van der Waals surface area contributed by atoms with Gasteiger partial charge in [0.25, 0.3) is 0 Å². The molecule has 5 atom stereocenters. The second-order valence-electron chi connectivity index (χ2n) is 5.75. The third-order valence-electron chi connectivity index (χ3n) is 3.39. The number of hydrogen-bond acceptors (Lipinski definition) is 9. The number of rotatable bonds is 7. The van der Waals surface area contributed by atoms with Crippen LogP contribution in [0.5, 0.6) is 0 Å². The Bertz CT molecular complexity index is 556. The molecule has 1 fully saturated rings. The largest absolute Gasteiger partial charge is 0.456 e. The van der Waals surface area contributed by atoms with Crippen LogP contribution in [0.15, 0.2) is 0 Å². The summed E-state index contributed by atoms with van der Waals surface area (Å²) in [6, 6.07) is 0. The fourth-order valence-corrected chi connectivity index (χ4v) is 2.45. The molecule has 1 aliphatic heterocycles. The average Bonchev–Trinajstić information content (AvgIpc) is 2.56. The van der Waals surface area contributed by atoms with Gasteiger partial charge < -0.3 is 29.0 Å². The molecule has 1 N–H and O–H groups in total. The standard InChI is InChI=1S/C16H24FNO9/c1-5-6-18-16(22)27-15-14(25-10(4)21)13(24-9(3)20)12(23-8(2)19)11(7-17)26-15/h11-15H,5-7H2,1-4H3,(H,18,22)/t11-,12+,13+,14-,15+/m1/s1. The van der Waals surface area contributed by atoms with Crippen molar-refractivity contribution in [2.45, 2.75) is 64.8 Å². The summed E-state index contributed by atoms with van der Waals surface area (Å²) in [7, 11) is 0. The molecule has 0 aliphatic carbocycles. The van der Waals surface area contributed by atoms with Gasteiger partial charge in [-0.25, -0.2) is 9.18 Å². The minimum atomic E-state index is -1.58. The van der Waals surface area contributed by atoms with E-state index in [2.05, 4.69) is 5.32 Å². The normalized spacial score (nSPS) is 27.2. The smallest absolute Gasteiger partial charge is 0.409 e. The van der Waals surface area contributed by atoms with E-state index in [0.717, 1.165) is 20.8 Å². The van der Waals surface area contributed by atoms with Crippen molar-refractivity contribution in [1.29, 1.82) is 0 Å². The molecule has 1 amide bonds. The molecule has 0 unspecified atom stereocenters. The minimum Gasteiger partial charge on any atom is -0.456 e. The van der Waals surface area contributed by atoms with E-state index in [1.54, 1.807) is 0 Å². The molecule has 0 radical (unpaired) electrons. The van der Waals surface area contributed by atoms with Crippen molar-refractivity contribution in [3.63, 3.8) is 0 Å². The van der Waals surface area contributed by atoms with Crippen LogP contribution in [0.2, 0.25) is 0 Å². The number of amides is 1. The Morgan fingerprint density at radius 2 is 1.41 bits per heavy atom. The van der Waals surface area contributed by atoms with Crippen molar-refractivity contribution >= 4 is 24.0 Å². The van der Waals surface area contributed by atoms with Gasteiger partial charge in [0.1, 0.15) is 12.8 Å². The van der Waals surface area contributed by atoms with Gasteiger partial charge in [-0.15, -0.1) is 0 Å². The van der Waals surface area contributed by atoms with Gasteiger partial charge in [-0.1, -0.05) is 6.92 Å². The first-order valence-corrected chi connectivity index (χ1v) is 8.37. The summed E-state index contributed by atoms with van der Waals surface area (Å²) in [5.41, 5.74) is 0. The van der Waals surface area contributed by atoms with Gasteiger partial charge >= 0.3 is 24.0 Å². The fraction of sp³-hybridized carbons (Fsp3) is 0.750. The third kappa shape index (κ3) is 7.00. The van der Waals surface area contributed by atoms with Crippen LogP contribution >= 0.6 is 0 Å². The van der Waals surface area contributed by atoms with E-state index in [9.17, 15) is 23.6 Å². The van der Waals surface area contributed by atoms with Gasteiger partial charge in [-0.05, 0) is 6.42 Å². The van der Waals surface area contributed by atoms with E-state index < -0.39 is 61.4 Å². The van der Waals surface area contributed by atoms with Crippen molar-refractivity contribution < 1.29 is 47.3 Å². The van der Waals surface area contributed by atoms with Crippen LogP contribution in [0.4, 0.5) is 9.18 Å². The lowest BCUT2D eigenvalue weighted by Gasteiger charge is -2.43. The predicted octanol–water partition coefficient (Wildman–Crippen LogP) is 0.612. The number of carbonyl (C=O) groups excluding carboxylic acids is 4. The Labute approximate surface area is 155 Å². The summed E-state index contributed by atoms with van der Waals surface area (Å²) in [4.78, 5) is 46.2. The van der Waals surface area contributed by atoms with Gasteiger partial charge in [0.15, 0.2) is 12.2 Å². The van der Waals surface area contributed by atoms with Crippen LogP contribution in [-0.2, 0) is 38.1 Å². The molecule has 0 spiro atoms. The van der Waals surface area contributed by atoms with Gasteiger partial charge in [0.2, 0.25) is 12.4 Å². The zero-order valence-electron chi connectivity index (χ0n) is 15.6. The van der Waals surface area contributed by atoms with Gasteiger partial charge in [0, 0.05) is 27.3 Å². The Morgan fingerprint density at radius 3 is 1.89 bits per heavy atom. The quantitative estimate of drug-likeness (QED) is 0.489. The van der Waals surface area contributed by atoms with Gasteiger partial charge in [-0.3, -0.25) is 14.4 Å². The Balaban J connectivity index is 3.16. The number of alkyl carbamates (subject to hydrolysis) is 1. The van der Waals surface area contributed by atoms with Crippen molar-refractivity contribution in [2.75, 3.05) is 13.2 Å². The van der Waals surface area contributed by atoms with Crippen LogP contribution in [0.3, 0.4) is 0 Å². The molecule has 0 aromatic heterocycles. The molecule has 1 rings (SSSR count). The first-order valence-electron chi connectivity index (χ1n) is 8.37. The van der Waals surface area contributed by atoms with Crippen LogP contribution in [0.1, 0.15) is 34.1 Å². The molecular weight excluding hydrogens is 369 g/mol. The van der Waals surface area contributed by atoms with Crippen molar-refractivity contribution in [3.05, 3.63) is 0 Å². The summed E-state index contributed by atoms with van der Waals surface area (Å²) in [5, 5.41) is 2.42. The fourth-order valence-electron chi connectivity index (χ4n) is 2.45. The van der Waals surface area contributed by atoms with Crippen LogP contribution < -0.4 is 5.32 Å². The lowest BCUT2D eigenvalue weighted by Crippen LogP contribution is -2.63. The molecule has 1 saturated heterocycles. The maximum absolute atomic E-state index is 13.5. The average molecular weight is 393 g/mol. The van der Waals surface area contributed by atoms with E-state index in [0.29, 0.717) is 13.0 Å². The highest BCUT2D eigenvalue weighted by Gasteiger charge is 2.53. The monoisotopic (exact) mass is 393 g/mol. The molecule has 0 aromatic carbocycles. The molecule has 0 bridgehead atoms. The summed E-state index contributed by atoms with van der Waals surface area (Å²) in [6.45, 7) is 4.19. The second-order valence-corrected chi connectivity index (χ2v) is 5.75. The van der Waals surface area contributed by atoms with Crippen molar-refractivity contribution in [2.24, 2.45) is 0 Å². The molecule has 10 nitrogen and oxygen atoms in total. The number of ether oxygens (including phenoxy) is 5. The molecule has 1 heterocycles. The van der Waals surface area contributed by atoms with Crippen molar-refractivity contribution in [1.82, 2.24) is 5.32 Å². The van der Waals surface area contributed by atoms with Gasteiger partial charge in [-0.2, -0.15) is 0 Å². The lowest BCUT2D eigenvalue weighted by molar-refractivity contribution is -0.291. The number of alkyl halides is 1. The Morgan fingerprint density at radius 1 is 0.889 bits per heavy atom. The highest BCUT2D eigenvalue weighted by atomic mass is 19.1. The number of hydrogen-bond donors (Lipinski definition) is 1. The van der Waals surface area contributed by atoms with Crippen LogP contribution in [0, 0.1) is 0 Å². The SMILES string of the molecule is CCCNC(=O)O[C@@H]1O[C@H](CF)[C@H](OC(C)=O)[C@H](OC(C)=O)[C@H]1OC(C)=O. The topological polar surface area (TPSA) is 126 Å². The highest BCUT2D eigenvalue weighted by Crippen LogP contribution is 2.29. The zero-order chi connectivity index (χ0) is 20.6. The van der Waals surface area contributed by atoms with E-state index >= 15 is 0 Å². The summed E-state index contributed by atoms with van der Waals surface area (Å²) < 4.78 is 39.0. The molecule has 1 aliphatic rings. The molecule has 154 valence electrons. The lowest BCUT2D eigenvalue weighted by atomic mass is 9.98. The molecular formula is C16H24FNO9. The molecule has 11 heteroatoms. The number of carbonyl (C=O) groups is 4. The summed E-state index contributed by atoms with van der Waals surface area (Å²) >= 11 is 0. The van der Waals surface area contributed by atoms with E-state index in [-0.39, 0.29) is 0 Å². The van der Waals surface area contributed by atoms with Crippen LogP contribution in [-0.4, -0.2) is 67.9 Å². The minimum absolute atomic E-state index is 0.305. The molecule has 0 aromatic rings. The third-order valence-corrected chi connectivity index (χ3v) is 3.39. The van der Waals surface area contributed by atoms with E-state index in [1.165, 1.54) is 0 Å². The first kappa shape index (κ1) is 22.6. The maximum atomic E-state index is 13.5. The highest BCUT2D eigenvalue weighted by molar-refractivity contribution is 5.69. The maximum Gasteiger partial charge on any atom is 0.409 e. The first-order chi connectivity index (χ1) is 12.7. The summed E-state index contributed by atoms with van der Waals surface area (Å²) in [5.74, 6) is -2.40. The van der Waals surface area contributed by atoms with E-state index in [4.69, 9.17) is 23.7 Å². The number of nitrogens with one attached hydrogen (secondary N) is 1. The summed E-state index contributed by atoms with van der Waals surface area (Å²) in [6.07, 6.45) is -7.56. The van der Waals surface area contributed by atoms with Crippen molar-refractivity contribution in [3.8, 4) is 0 Å². The van der Waals surface area contributed by atoms with Gasteiger partial charge in [0.05, 0.1) is 0 Å². The van der Waals surface area contributed by atoms with Crippen LogP contribution in [0.25, 0.3) is 0 Å². The molecule has 0 saturated carbocycles. The predicted molar refractivity (Wildman–Crippen MR) is 86.1 cm³/mol. The zero-order valence-corrected chi connectivity index (χ0v) is 15.6. The van der Waals surface area contributed by atoms with E-state index in [1.807, 2.05) is 6.92 Å². The second kappa shape index (κ2) is 10.7. The number of esters is 3. The number of halogens is 1. The molecule has 27 heavy (non-hydrogen) atoms. The Kier molecular flexibility index (Phi) is 8.92. The Hall–Kier alpha value is -2.43.